The Balaban J connectivity index is 1.35. The van der Waals surface area contributed by atoms with E-state index in [9.17, 15) is 8.42 Å². The summed E-state index contributed by atoms with van der Waals surface area (Å²) in [5.41, 5.74) is 1.33. The average Bonchev–Trinajstić information content (AvgIpc) is 2.75. The molecule has 0 saturated carbocycles. The number of rotatable bonds is 6. The Morgan fingerprint density at radius 3 is 2.50 bits per heavy atom. The molecule has 2 aliphatic rings. The number of nitrogens with one attached hydrogen (secondary N) is 1. The van der Waals surface area contributed by atoms with Crippen LogP contribution in [0.15, 0.2) is 53.6 Å². The lowest BCUT2D eigenvalue weighted by Crippen LogP contribution is -2.47. The SMILES string of the molecule is CN1CCN(S(=O)(=O)c2ccc(NC3CCCN(Cc4ccccc4)C3)nc2)CC1. The molecule has 4 rings (SSSR count). The Bertz CT molecular complexity index is 912. The highest BCUT2D eigenvalue weighted by atomic mass is 32.2. The molecule has 1 aromatic carbocycles. The largest absolute Gasteiger partial charge is 0.366 e. The van der Waals surface area contributed by atoms with E-state index in [1.165, 1.54) is 11.8 Å². The number of piperidine rings is 1. The fraction of sp³-hybridized carbons (Fsp3) is 0.500. The Kier molecular flexibility index (Phi) is 6.67. The van der Waals surface area contributed by atoms with Gasteiger partial charge in [-0.3, -0.25) is 4.90 Å². The van der Waals surface area contributed by atoms with Crippen LogP contribution in [0.4, 0.5) is 5.82 Å². The summed E-state index contributed by atoms with van der Waals surface area (Å²) >= 11 is 0. The van der Waals surface area contributed by atoms with Gasteiger partial charge in [0.05, 0.1) is 0 Å². The zero-order valence-corrected chi connectivity index (χ0v) is 18.4. The third kappa shape index (κ3) is 5.18. The van der Waals surface area contributed by atoms with Crippen molar-refractivity contribution in [1.29, 1.82) is 0 Å². The summed E-state index contributed by atoms with van der Waals surface area (Å²) < 4.78 is 27.3. The van der Waals surface area contributed by atoms with Crippen LogP contribution in [0, 0.1) is 0 Å². The molecule has 0 bridgehead atoms. The van der Waals surface area contributed by atoms with Crippen molar-refractivity contribution in [2.75, 3.05) is 51.6 Å². The zero-order valence-electron chi connectivity index (χ0n) is 17.6. The summed E-state index contributed by atoms with van der Waals surface area (Å²) in [7, 11) is -1.46. The molecule has 0 spiro atoms. The van der Waals surface area contributed by atoms with Gasteiger partial charge in [0.1, 0.15) is 10.7 Å². The Labute approximate surface area is 179 Å². The number of likely N-dealkylation sites (tertiary alicyclic amines) is 1. The summed E-state index contributed by atoms with van der Waals surface area (Å²) in [6.45, 7) is 5.58. The van der Waals surface area contributed by atoms with Crippen LogP contribution < -0.4 is 5.32 Å². The van der Waals surface area contributed by atoms with E-state index in [0.717, 1.165) is 51.4 Å². The molecule has 0 aliphatic carbocycles. The van der Waals surface area contributed by atoms with Crippen molar-refractivity contribution in [3.8, 4) is 0 Å². The first-order chi connectivity index (χ1) is 14.5. The normalized spacial score (nSPS) is 22.1. The van der Waals surface area contributed by atoms with E-state index in [1.807, 2.05) is 13.1 Å². The lowest BCUT2D eigenvalue weighted by Gasteiger charge is -2.33. The fourth-order valence-electron chi connectivity index (χ4n) is 4.16. The molecule has 0 radical (unpaired) electrons. The number of hydrogen-bond donors (Lipinski definition) is 1. The summed E-state index contributed by atoms with van der Waals surface area (Å²) in [4.78, 5) is 9.28. The van der Waals surface area contributed by atoms with Crippen molar-refractivity contribution in [2.45, 2.75) is 30.3 Å². The lowest BCUT2D eigenvalue weighted by atomic mass is 10.0. The molecule has 1 N–H and O–H groups in total. The molecule has 162 valence electrons. The monoisotopic (exact) mass is 429 g/mol. The molecule has 2 saturated heterocycles. The van der Waals surface area contributed by atoms with Crippen LogP contribution >= 0.6 is 0 Å². The summed E-state index contributed by atoms with van der Waals surface area (Å²) in [6, 6.07) is 14.3. The van der Waals surface area contributed by atoms with E-state index >= 15 is 0 Å². The molecule has 2 fully saturated rings. The number of anilines is 1. The molecule has 0 amide bonds. The number of likely N-dealkylation sites (N-methyl/N-ethyl adjacent to an activating group) is 1. The van der Waals surface area contributed by atoms with Crippen LogP contribution in [-0.4, -0.2) is 79.9 Å². The predicted octanol–water partition coefficient (Wildman–Crippen LogP) is 2.09. The van der Waals surface area contributed by atoms with Crippen molar-refractivity contribution in [2.24, 2.45) is 0 Å². The van der Waals surface area contributed by atoms with E-state index in [2.05, 4.69) is 44.4 Å². The van der Waals surface area contributed by atoms with Gasteiger partial charge >= 0.3 is 0 Å². The molecule has 1 atom stereocenters. The Morgan fingerprint density at radius 2 is 1.80 bits per heavy atom. The number of nitrogens with zero attached hydrogens (tertiary/aromatic N) is 4. The van der Waals surface area contributed by atoms with Crippen LogP contribution in [0.2, 0.25) is 0 Å². The molecule has 3 heterocycles. The van der Waals surface area contributed by atoms with Gasteiger partial charge in [0.15, 0.2) is 0 Å². The maximum absolute atomic E-state index is 12.9. The second-order valence-corrected chi connectivity index (χ2v) is 10.2. The molecule has 2 aromatic rings. The Hall–Kier alpha value is -2.00. The molecule has 1 unspecified atom stereocenters. The van der Waals surface area contributed by atoms with Gasteiger partial charge in [-0.25, -0.2) is 13.4 Å². The molecule has 2 aliphatic heterocycles. The third-order valence-corrected chi connectivity index (χ3v) is 7.83. The Morgan fingerprint density at radius 1 is 1.03 bits per heavy atom. The van der Waals surface area contributed by atoms with Crippen LogP contribution in [0.1, 0.15) is 18.4 Å². The van der Waals surface area contributed by atoms with Crippen molar-refractivity contribution in [3.63, 3.8) is 0 Å². The topological polar surface area (TPSA) is 68.8 Å². The van der Waals surface area contributed by atoms with Crippen LogP contribution in [0.3, 0.4) is 0 Å². The predicted molar refractivity (Wildman–Crippen MR) is 119 cm³/mol. The average molecular weight is 430 g/mol. The van der Waals surface area contributed by atoms with Crippen LogP contribution in [-0.2, 0) is 16.6 Å². The summed E-state index contributed by atoms with van der Waals surface area (Å²) in [5.74, 6) is 0.735. The maximum Gasteiger partial charge on any atom is 0.244 e. The van der Waals surface area contributed by atoms with Gasteiger partial charge in [0.2, 0.25) is 10.0 Å². The summed E-state index contributed by atoms with van der Waals surface area (Å²) in [5, 5.41) is 3.49. The molecule has 7 nitrogen and oxygen atoms in total. The van der Waals surface area contributed by atoms with Crippen molar-refractivity contribution >= 4 is 15.8 Å². The number of hydrogen-bond acceptors (Lipinski definition) is 6. The first-order valence-corrected chi connectivity index (χ1v) is 12.1. The molecule has 30 heavy (non-hydrogen) atoms. The highest BCUT2D eigenvalue weighted by Crippen LogP contribution is 2.20. The first-order valence-electron chi connectivity index (χ1n) is 10.7. The number of aromatic nitrogens is 1. The lowest BCUT2D eigenvalue weighted by molar-refractivity contribution is 0.208. The number of benzene rings is 1. The number of pyridine rings is 1. The van der Waals surface area contributed by atoms with E-state index in [0.29, 0.717) is 19.1 Å². The number of piperazine rings is 1. The van der Waals surface area contributed by atoms with E-state index in [1.54, 1.807) is 16.4 Å². The molecule has 1 aromatic heterocycles. The van der Waals surface area contributed by atoms with Gasteiger partial charge in [-0.2, -0.15) is 4.31 Å². The van der Waals surface area contributed by atoms with E-state index in [-0.39, 0.29) is 4.90 Å². The highest BCUT2D eigenvalue weighted by molar-refractivity contribution is 7.89. The van der Waals surface area contributed by atoms with Crippen LogP contribution in [0.25, 0.3) is 0 Å². The molecular weight excluding hydrogens is 398 g/mol. The first kappa shape index (κ1) is 21.2. The van der Waals surface area contributed by atoms with Gasteiger partial charge in [-0.05, 0) is 44.1 Å². The quantitative estimate of drug-likeness (QED) is 0.759. The number of sulfonamides is 1. The summed E-state index contributed by atoms with van der Waals surface area (Å²) in [6.07, 6.45) is 3.72. The minimum Gasteiger partial charge on any atom is -0.366 e. The standard InChI is InChI=1S/C22H31N5O2S/c1-25-12-14-27(15-13-25)30(28,29)21-9-10-22(23-16-21)24-20-8-5-11-26(18-20)17-19-6-3-2-4-7-19/h2-4,6-7,9-10,16,20H,5,8,11-15,17-18H2,1H3,(H,23,24). The molecular formula is C22H31N5O2S. The second-order valence-electron chi connectivity index (χ2n) is 8.29. The van der Waals surface area contributed by atoms with Gasteiger partial charge < -0.3 is 10.2 Å². The van der Waals surface area contributed by atoms with Crippen molar-refractivity contribution < 1.29 is 8.42 Å². The van der Waals surface area contributed by atoms with Crippen molar-refractivity contribution in [3.05, 3.63) is 54.2 Å². The minimum atomic E-state index is -3.47. The van der Waals surface area contributed by atoms with E-state index < -0.39 is 10.0 Å². The van der Waals surface area contributed by atoms with Gasteiger partial charge in [-0.1, -0.05) is 30.3 Å². The van der Waals surface area contributed by atoms with Gasteiger partial charge in [0.25, 0.3) is 0 Å². The van der Waals surface area contributed by atoms with Gasteiger partial charge in [0, 0.05) is 51.5 Å². The third-order valence-electron chi connectivity index (χ3n) is 5.94. The second kappa shape index (κ2) is 9.43. The van der Waals surface area contributed by atoms with Crippen molar-refractivity contribution in [1.82, 2.24) is 19.1 Å². The zero-order chi connectivity index (χ0) is 21.0. The maximum atomic E-state index is 12.9. The fourth-order valence-corrected chi connectivity index (χ4v) is 5.53. The minimum absolute atomic E-state index is 0.270. The molecule has 8 heteroatoms. The van der Waals surface area contributed by atoms with Crippen LogP contribution in [0.5, 0.6) is 0 Å². The van der Waals surface area contributed by atoms with E-state index in [4.69, 9.17) is 0 Å². The smallest absolute Gasteiger partial charge is 0.244 e. The van der Waals surface area contributed by atoms with Gasteiger partial charge in [-0.15, -0.1) is 0 Å². The highest BCUT2D eigenvalue weighted by Gasteiger charge is 2.28.